The number of rotatable bonds is 5. The fraction of sp³-hybridized carbons (Fsp3) is 0.381. The molecule has 0 aromatic heterocycles. The van der Waals surface area contributed by atoms with Crippen LogP contribution < -0.4 is 4.72 Å². The smallest absolute Gasteiger partial charge is 0.253 e. The van der Waals surface area contributed by atoms with Gasteiger partial charge in [-0.2, -0.15) is 0 Å². The lowest BCUT2D eigenvalue weighted by Gasteiger charge is -2.32. The molecule has 0 aliphatic carbocycles. The highest BCUT2D eigenvalue weighted by atomic mass is 32.2. The number of benzene rings is 2. The minimum Gasteiger partial charge on any atom is -0.339 e. The maximum absolute atomic E-state index is 12.7. The van der Waals surface area contributed by atoms with Crippen molar-refractivity contribution in [1.29, 1.82) is 0 Å². The van der Waals surface area contributed by atoms with E-state index in [1.165, 1.54) is 17.7 Å². The second-order valence-corrected chi connectivity index (χ2v) is 8.99. The van der Waals surface area contributed by atoms with Gasteiger partial charge < -0.3 is 4.90 Å². The van der Waals surface area contributed by atoms with Crippen LogP contribution in [-0.2, 0) is 10.0 Å². The summed E-state index contributed by atoms with van der Waals surface area (Å²) < 4.78 is 26.9. The van der Waals surface area contributed by atoms with Crippen LogP contribution >= 0.6 is 0 Å². The Hall–Kier alpha value is -2.18. The highest BCUT2D eigenvalue weighted by molar-refractivity contribution is 7.89. The van der Waals surface area contributed by atoms with Crippen LogP contribution in [0.3, 0.4) is 0 Å². The first-order valence-electron chi connectivity index (χ1n) is 9.33. The molecule has 0 atom stereocenters. The minimum absolute atomic E-state index is 0.0396. The summed E-state index contributed by atoms with van der Waals surface area (Å²) >= 11 is 0. The van der Waals surface area contributed by atoms with Gasteiger partial charge in [0, 0.05) is 24.7 Å². The second-order valence-electron chi connectivity index (χ2n) is 7.28. The molecule has 144 valence electrons. The molecule has 0 radical (unpaired) electrons. The summed E-state index contributed by atoms with van der Waals surface area (Å²) in [5.41, 5.74) is 1.86. The van der Waals surface area contributed by atoms with Crippen molar-refractivity contribution in [1.82, 2.24) is 9.62 Å². The summed E-state index contributed by atoms with van der Waals surface area (Å²) in [7, 11) is -3.54. The Bertz CT molecular complexity index is 869. The molecule has 2 aromatic carbocycles. The summed E-state index contributed by atoms with van der Waals surface area (Å²) in [4.78, 5) is 14.8. The van der Waals surface area contributed by atoms with Gasteiger partial charge in [-0.3, -0.25) is 4.79 Å². The number of amides is 1. The Morgan fingerprint density at radius 3 is 2.15 bits per heavy atom. The Labute approximate surface area is 161 Å². The summed E-state index contributed by atoms with van der Waals surface area (Å²) in [6, 6.07) is 16.4. The molecule has 3 rings (SSSR count). The van der Waals surface area contributed by atoms with E-state index in [-0.39, 0.29) is 16.8 Å². The molecule has 1 aliphatic heterocycles. The van der Waals surface area contributed by atoms with E-state index in [0.29, 0.717) is 24.6 Å². The maximum Gasteiger partial charge on any atom is 0.253 e. The first-order chi connectivity index (χ1) is 12.9. The summed E-state index contributed by atoms with van der Waals surface area (Å²) in [6.45, 7) is 4.98. The van der Waals surface area contributed by atoms with E-state index in [1.54, 1.807) is 26.0 Å². The zero-order chi connectivity index (χ0) is 19.4. The van der Waals surface area contributed by atoms with Gasteiger partial charge in [-0.25, -0.2) is 13.1 Å². The molecule has 6 heteroatoms. The second kappa shape index (κ2) is 8.23. The number of piperidine rings is 1. The van der Waals surface area contributed by atoms with Crippen molar-refractivity contribution >= 4 is 15.9 Å². The zero-order valence-corrected chi connectivity index (χ0v) is 16.6. The van der Waals surface area contributed by atoms with Crippen LogP contribution in [0.25, 0.3) is 0 Å². The highest BCUT2D eigenvalue weighted by Crippen LogP contribution is 2.28. The van der Waals surface area contributed by atoms with Gasteiger partial charge in [0.25, 0.3) is 5.91 Å². The number of hydrogen-bond donors (Lipinski definition) is 1. The summed E-state index contributed by atoms with van der Waals surface area (Å²) in [5, 5.41) is 0. The van der Waals surface area contributed by atoms with Crippen LogP contribution in [0.1, 0.15) is 48.5 Å². The van der Waals surface area contributed by atoms with E-state index < -0.39 is 10.0 Å². The molecule has 1 aliphatic rings. The Morgan fingerprint density at radius 1 is 1.00 bits per heavy atom. The van der Waals surface area contributed by atoms with Crippen LogP contribution in [0.4, 0.5) is 0 Å². The molecule has 1 heterocycles. The number of sulfonamides is 1. The van der Waals surface area contributed by atoms with Gasteiger partial charge in [-0.1, -0.05) is 30.3 Å². The fourth-order valence-corrected chi connectivity index (χ4v) is 4.73. The highest BCUT2D eigenvalue weighted by Gasteiger charge is 2.25. The lowest BCUT2D eigenvalue weighted by Crippen LogP contribution is -2.38. The van der Waals surface area contributed by atoms with Gasteiger partial charge in [0.1, 0.15) is 0 Å². The normalized spacial score (nSPS) is 15.9. The molecular formula is C21H26N2O3S. The molecule has 1 N–H and O–H groups in total. The SMILES string of the molecule is CC(C)NS(=O)(=O)c1ccc(C(=O)N2CCC(c3ccccc3)CC2)cc1. The fourth-order valence-electron chi connectivity index (χ4n) is 3.48. The van der Waals surface area contributed by atoms with Gasteiger partial charge in [0.05, 0.1) is 4.90 Å². The van der Waals surface area contributed by atoms with E-state index in [4.69, 9.17) is 0 Å². The van der Waals surface area contributed by atoms with E-state index in [9.17, 15) is 13.2 Å². The van der Waals surface area contributed by atoms with Crippen LogP contribution in [0.2, 0.25) is 0 Å². The van der Waals surface area contributed by atoms with Crippen molar-refractivity contribution in [3.63, 3.8) is 0 Å². The van der Waals surface area contributed by atoms with Crippen molar-refractivity contribution < 1.29 is 13.2 Å². The molecule has 0 saturated carbocycles. The largest absolute Gasteiger partial charge is 0.339 e. The molecule has 5 nitrogen and oxygen atoms in total. The predicted molar refractivity (Wildman–Crippen MR) is 106 cm³/mol. The Balaban J connectivity index is 1.63. The summed E-state index contributed by atoms with van der Waals surface area (Å²) in [6.07, 6.45) is 1.89. The van der Waals surface area contributed by atoms with Crippen molar-refractivity contribution in [2.24, 2.45) is 0 Å². The number of nitrogens with one attached hydrogen (secondary N) is 1. The van der Waals surface area contributed by atoms with E-state index >= 15 is 0 Å². The number of carbonyl (C=O) groups is 1. The molecule has 0 bridgehead atoms. The van der Waals surface area contributed by atoms with Crippen molar-refractivity contribution in [3.05, 3.63) is 65.7 Å². The first kappa shape index (κ1) is 19.6. The molecule has 1 saturated heterocycles. The Kier molecular flexibility index (Phi) is 5.97. The van der Waals surface area contributed by atoms with Gasteiger partial charge in [0.15, 0.2) is 0 Å². The van der Waals surface area contributed by atoms with E-state index in [2.05, 4.69) is 29.0 Å². The van der Waals surface area contributed by atoms with Crippen LogP contribution in [0, 0.1) is 0 Å². The molecule has 1 fully saturated rings. The number of likely N-dealkylation sites (tertiary alicyclic amines) is 1. The number of hydrogen-bond acceptors (Lipinski definition) is 3. The van der Waals surface area contributed by atoms with Crippen LogP contribution in [0.5, 0.6) is 0 Å². The van der Waals surface area contributed by atoms with Crippen molar-refractivity contribution in [3.8, 4) is 0 Å². The van der Waals surface area contributed by atoms with E-state index in [0.717, 1.165) is 12.8 Å². The standard InChI is InChI=1S/C21H26N2O3S/c1-16(2)22-27(25,26)20-10-8-19(9-11-20)21(24)23-14-12-18(13-15-23)17-6-4-3-5-7-17/h3-11,16,18,22H,12-15H2,1-2H3. The molecular weight excluding hydrogens is 360 g/mol. The monoisotopic (exact) mass is 386 g/mol. The Morgan fingerprint density at radius 2 is 1.59 bits per heavy atom. The van der Waals surface area contributed by atoms with Gasteiger partial charge in [-0.15, -0.1) is 0 Å². The number of carbonyl (C=O) groups excluding carboxylic acids is 1. The average molecular weight is 387 g/mol. The summed E-state index contributed by atoms with van der Waals surface area (Å²) in [5.74, 6) is 0.451. The average Bonchev–Trinajstić information content (AvgIpc) is 2.67. The van der Waals surface area contributed by atoms with Crippen molar-refractivity contribution in [2.75, 3.05) is 13.1 Å². The van der Waals surface area contributed by atoms with E-state index in [1.807, 2.05) is 11.0 Å². The topological polar surface area (TPSA) is 66.5 Å². The maximum atomic E-state index is 12.7. The minimum atomic E-state index is -3.54. The number of nitrogens with zero attached hydrogens (tertiary/aromatic N) is 1. The van der Waals surface area contributed by atoms with Crippen LogP contribution in [-0.4, -0.2) is 38.4 Å². The quantitative estimate of drug-likeness (QED) is 0.856. The first-order valence-corrected chi connectivity index (χ1v) is 10.8. The molecule has 27 heavy (non-hydrogen) atoms. The third-order valence-electron chi connectivity index (χ3n) is 4.86. The van der Waals surface area contributed by atoms with Gasteiger partial charge in [-0.05, 0) is 62.4 Å². The van der Waals surface area contributed by atoms with Gasteiger partial charge >= 0.3 is 0 Å². The zero-order valence-electron chi connectivity index (χ0n) is 15.8. The lowest BCUT2D eigenvalue weighted by molar-refractivity contribution is 0.0713. The molecule has 0 spiro atoms. The third-order valence-corrected chi connectivity index (χ3v) is 6.53. The third kappa shape index (κ3) is 4.76. The molecule has 1 amide bonds. The van der Waals surface area contributed by atoms with Gasteiger partial charge in [0.2, 0.25) is 10.0 Å². The van der Waals surface area contributed by atoms with Crippen molar-refractivity contribution in [2.45, 2.75) is 43.5 Å². The molecule has 0 unspecified atom stereocenters. The lowest BCUT2D eigenvalue weighted by atomic mass is 9.89. The van der Waals surface area contributed by atoms with Crippen LogP contribution in [0.15, 0.2) is 59.5 Å². The molecule has 2 aromatic rings. The predicted octanol–water partition coefficient (Wildman–Crippen LogP) is 3.39.